The van der Waals surface area contributed by atoms with Crippen molar-refractivity contribution in [1.82, 2.24) is 0 Å². The van der Waals surface area contributed by atoms with Crippen molar-refractivity contribution in [2.75, 3.05) is 20.3 Å². The minimum absolute atomic E-state index is 0.203. The minimum atomic E-state index is -0.653. The number of aliphatic hydroxyl groups is 1. The van der Waals surface area contributed by atoms with Gasteiger partial charge < -0.3 is 20.3 Å². The number of benzene rings is 1. The van der Waals surface area contributed by atoms with E-state index in [4.69, 9.17) is 15.2 Å². The van der Waals surface area contributed by atoms with Crippen LogP contribution >= 0.6 is 0 Å². The van der Waals surface area contributed by atoms with E-state index in [2.05, 4.69) is 0 Å². The highest BCUT2D eigenvalue weighted by atomic mass is 16.5. The Balaban J connectivity index is 2.06. The third-order valence-corrected chi connectivity index (χ3v) is 3.74. The monoisotopic (exact) mass is 265 g/mol. The van der Waals surface area contributed by atoms with Crippen molar-refractivity contribution in [2.45, 2.75) is 31.8 Å². The molecule has 106 valence electrons. The third-order valence-electron chi connectivity index (χ3n) is 3.74. The Hall–Kier alpha value is -1.26. The van der Waals surface area contributed by atoms with Crippen molar-refractivity contribution >= 4 is 0 Å². The molecule has 1 aromatic carbocycles. The average molecular weight is 265 g/mol. The number of methoxy groups -OCH3 is 1. The van der Waals surface area contributed by atoms with E-state index in [-0.39, 0.29) is 6.54 Å². The Labute approximate surface area is 114 Å². The standard InChI is InChI=1S/C15H23NO3/c1-18-14-7-6-12(13(17)9-16)8-15(14)19-10-11-4-2-3-5-11/h6-8,11,13,17H,2-5,9-10,16H2,1H3. The van der Waals surface area contributed by atoms with Crippen molar-refractivity contribution in [1.29, 1.82) is 0 Å². The largest absolute Gasteiger partial charge is 0.493 e. The predicted molar refractivity (Wildman–Crippen MR) is 74.5 cm³/mol. The molecule has 0 saturated heterocycles. The normalized spacial score (nSPS) is 17.4. The molecule has 0 bridgehead atoms. The lowest BCUT2D eigenvalue weighted by molar-refractivity contribution is 0.185. The van der Waals surface area contributed by atoms with E-state index in [9.17, 15) is 5.11 Å². The molecule has 0 amide bonds. The summed E-state index contributed by atoms with van der Waals surface area (Å²) < 4.78 is 11.2. The van der Waals surface area contributed by atoms with Gasteiger partial charge in [0.25, 0.3) is 0 Å². The molecule has 1 atom stereocenters. The van der Waals surface area contributed by atoms with Gasteiger partial charge in [0, 0.05) is 6.54 Å². The average Bonchev–Trinajstić information content (AvgIpc) is 2.97. The number of ether oxygens (including phenoxy) is 2. The van der Waals surface area contributed by atoms with E-state index in [1.165, 1.54) is 25.7 Å². The second kappa shape index (κ2) is 6.78. The Morgan fingerprint density at radius 2 is 2.05 bits per heavy atom. The first-order valence-electron chi connectivity index (χ1n) is 6.93. The maximum atomic E-state index is 9.78. The molecule has 0 heterocycles. The SMILES string of the molecule is COc1ccc(C(O)CN)cc1OCC1CCCC1. The van der Waals surface area contributed by atoms with Crippen LogP contribution < -0.4 is 15.2 Å². The number of hydrogen-bond donors (Lipinski definition) is 2. The first-order valence-corrected chi connectivity index (χ1v) is 6.93. The van der Waals surface area contributed by atoms with Crippen molar-refractivity contribution in [2.24, 2.45) is 11.7 Å². The van der Waals surface area contributed by atoms with Crippen molar-refractivity contribution in [3.8, 4) is 11.5 Å². The van der Waals surface area contributed by atoms with E-state index in [0.717, 1.165) is 12.2 Å². The lowest BCUT2D eigenvalue weighted by atomic mass is 10.1. The van der Waals surface area contributed by atoms with E-state index in [1.54, 1.807) is 7.11 Å². The Morgan fingerprint density at radius 1 is 1.32 bits per heavy atom. The zero-order valence-corrected chi connectivity index (χ0v) is 11.5. The first kappa shape index (κ1) is 14.2. The molecule has 19 heavy (non-hydrogen) atoms. The fraction of sp³-hybridized carbons (Fsp3) is 0.600. The van der Waals surface area contributed by atoms with E-state index in [1.807, 2.05) is 18.2 Å². The third kappa shape index (κ3) is 3.61. The van der Waals surface area contributed by atoms with Gasteiger partial charge in [-0.1, -0.05) is 18.9 Å². The molecule has 0 aromatic heterocycles. The zero-order valence-electron chi connectivity index (χ0n) is 11.5. The molecule has 1 aromatic rings. The summed E-state index contributed by atoms with van der Waals surface area (Å²) in [7, 11) is 1.62. The highest BCUT2D eigenvalue weighted by molar-refractivity contribution is 5.43. The summed E-state index contributed by atoms with van der Waals surface area (Å²) in [5, 5.41) is 9.78. The van der Waals surface area contributed by atoms with Gasteiger partial charge in [-0.15, -0.1) is 0 Å². The van der Waals surface area contributed by atoms with Gasteiger partial charge in [-0.05, 0) is 36.5 Å². The summed E-state index contributed by atoms with van der Waals surface area (Å²) in [5.41, 5.74) is 6.24. The van der Waals surface area contributed by atoms with Crippen LogP contribution in [0.5, 0.6) is 11.5 Å². The summed E-state index contributed by atoms with van der Waals surface area (Å²) in [6.45, 7) is 0.924. The second-order valence-electron chi connectivity index (χ2n) is 5.12. The predicted octanol–water partition coefficient (Wildman–Crippen LogP) is 2.26. The molecule has 1 aliphatic carbocycles. The molecule has 4 nitrogen and oxygen atoms in total. The highest BCUT2D eigenvalue weighted by Crippen LogP contribution is 2.32. The van der Waals surface area contributed by atoms with Crippen molar-refractivity contribution in [3.05, 3.63) is 23.8 Å². The van der Waals surface area contributed by atoms with Crippen LogP contribution in [-0.4, -0.2) is 25.4 Å². The lowest BCUT2D eigenvalue weighted by Gasteiger charge is -2.16. The van der Waals surface area contributed by atoms with Gasteiger partial charge in [0.15, 0.2) is 11.5 Å². The van der Waals surface area contributed by atoms with Crippen molar-refractivity contribution < 1.29 is 14.6 Å². The maximum Gasteiger partial charge on any atom is 0.161 e. The van der Waals surface area contributed by atoms with Crippen LogP contribution in [-0.2, 0) is 0 Å². The molecular weight excluding hydrogens is 242 g/mol. The van der Waals surface area contributed by atoms with Crippen LogP contribution in [0.1, 0.15) is 37.4 Å². The number of rotatable bonds is 6. The van der Waals surface area contributed by atoms with Gasteiger partial charge in [0.2, 0.25) is 0 Å². The van der Waals surface area contributed by atoms with E-state index >= 15 is 0 Å². The zero-order chi connectivity index (χ0) is 13.7. The molecule has 1 saturated carbocycles. The van der Waals surface area contributed by atoms with E-state index < -0.39 is 6.10 Å². The van der Waals surface area contributed by atoms with E-state index in [0.29, 0.717) is 17.4 Å². The Bertz CT molecular complexity index is 402. The minimum Gasteiger partial charge on any atom is -0.493 e. The quantitative estimate of drug-likeness (QED) is 0.828. The van der Waals surface area contributed by atoms with Crippen LogP contribution in [0.15, 0.2) is 18.2 Å². The molecule has 1 fully saturated rings. The van der Waals surface area contributed by atoms with Gasteiger partial charge in [0.1, 0.15) is 0 Å². The molecule has 2 rings (SSSR count). The summed E-state index contributed by atoms with van der Waals surface area (Å²) in [4.78, 5) is 0. The summed E-state index contributed by atoms with van der Waals surface area (Å²) in [5.74, 6) is 2.04. The number of aliphatic hydroxyl groups excluding tert-OH is 1. The topological polar surface area (TPSA) is 64.7 Å². The van der Waals surface area contributed by atoms with Gasteiger partial charge >= 0.3 is 0 Å². The van der Waals surface area contributed by atoms with Crippen LogP contribution in [0.3, 0.4) is 0 Å². The lowest BCUT2D eigenvalue weighted by Crippen LogP contribution is -2.12. The summed E-state index contributed by atoms with van der Waals surface area (Å²) in [6.07, 6.45) is 4.44. The van der Waals surface area contributed by atoms with Crippen LogP contribution in [0.25, 0.3) is 0 Å². The highest BCUT2D eigenvalue weighted by Gasteiger charge is 2.17. The molecule has 3 N–H and O–H groups in total. The van der Waals surface area contributed by atoms with Crippen molar-refractivity contribution in [3.63, 3.8) is 0 Å². The first-order chi connectivity index (χ1) is 9.24. The summed E-state index contributed by atoms with van der Waals surface area (Å²) in [6, 6.07) is 5.46. The van der Waals surface area contributed by atoms with Gasteiger partial charge in [-0.2, -0.15) is 0 Å². The fourth-order valence-electron chi connectivity index (χ4n) is 2.53. The summed E-state index contributed by atoms with van der Waals surface area (Å²) >= 11 is 0. The number of hydrogen-bond acceptors (Lipinski definition) is 4. The Kier molecular flexibility index (Phi) is 5.05. The van der Waals surface area contributed by atoms with Crippen LogP contribution in [0.4, 0.5) is 0 Å². The maximum absolute atomic E-state index is 9.78. The molecule has 0 aliphatic heterocycles. The molecule has 0 radical (unpaired) electrons. The number of nitrogens with two attached hydrogens (primary N) is 1. The fourth-order valence-corrected chi connectivity index (χ4v) is 2.53. The Morgan fingerprint density at radius 3 is 2.68 bits per heavy atom. The van der Waals surface area contributed by atoms with Gasteiger partial charge in [0.05, 0.1) is 19.8 Å². The van der Waals surface area contributed by atoms with Crippen LogP contribution in [0, 0.1) is 5.92 Å². The molecular formula is C15H23NO3. The molecule has 0 spiro atoms. The van der Waals surface area contributed by atoms with Gasteiger partial charge in [-0.3, -0.25) is 0 Å². The molecule has 1 aliphatic rings. The molecule has 1 unspecified atom stereocenters. The van der Waals surface area contributed by atoms with Gasteiger partial charge in [-0.25, -0.2) is 0 Å². The second-order valence-corrected chi connectivity index (χ2v) is 5.12. The molecule has 4 heteroatoms. The van der Waals surface area contributed by atoms with Crippen LogP contribution in [0.2, 0.25) is 0 Å². The smallest absolute Gasteiger partial charge is 0.161 e.